The highest BCUT2D eigenvalue weighted by molar-refractivity contribution is 5.90. The maximum absolute atomic E-state index is 12.6. The number of hydrogen-bond acceptors (Lipinski definition) is 4. The van der Waals surface area contributed by atoms with E-state index in [2.05, 4.69) is 20.4 Å². The summed E-state index contributed by atoms with van der Waals surface area (Å²) in [6, 6.07) is 0. The van der Waals surface area contributed by atoms with Crippen molar-refractivity contribution in [3.8, 4) is 0 Å². The molecule has 4 heteroatoms. The molecule has 4 nitrogen and oxygen atoms in total. The van der Waals surface area contributed by atoms with Crippen LogP contribution >= 0.6 is 0 Å². The molecule has 3 aliphatic rings. The highest BCUT2D eigenvalue weighted by Gasteiger charge is 2.57. The van der Waals surface area contributed by atoms with E-state index in [1.165, 1.54) is 12.7 Å². The summed E-state index contributed by atoms with van der Waals surface area (Å²) in [5, 5.41) is 0. The molecule has 1 aliphatic heterocycles. The van der Waals surface area contributed by atoms with Crippen LogP contribution < -0.4 is 0 Å². The molecular weight excluding hydrogens is 316 g/mol. The molecule has 25 heavy (non-hydrogen) atoms. The van der Waals surface area contributed by atoms with Crippen LogP contribution in [0, 0.1) is 22.7 Å². The molecule has 0 aromatic carbocycles. The normalized spacial score (nSPS) is 38.0. The quantitative estimate of drug-likeness (QED) is 0.565. The molecule has 0 spiro atoms. The van der Waals surface area contributed by atoms with Crippen LogP contribution in [0.4, 0.5) is 0 Å². The van der Waals surface area contributed by atoms with Gasteiger partial charge in [-0.1, -0.05) is 25.5 Å². The zero-order chi connectivity index (χ0) is 18.2. The maximum Gasteiger partial charge on any atom is 0.334 e. The van der Waals surface area contributed by atoms with Crippen LogP contribution in [0.2, 0.25) is 0 Å². The highest BCUT2D eigenvalue weighted by Crippen LogP contribution is 2.62. The third-order valence-corrected chi connectivity index (χ3v) is 7.18. The topological polar surface area (TPSA) is 52.6 Å². The first-order chi connectivity index (χ1) is 11.8. The van der Waals surface area contributed by atoms with Gasteiger partial charge in [0.1, 0.15) is 6.61 Å². The molecule has 2 unspecified atom stereocenters. The lowest BCUT2D eigenvalue weighted by Crippen LogP contribution is -2.53. The van der Waals surface area contributed by atoms with Gasteiger partial charge in [0.2, 0.25) is 0 Å². The smallest absolute Gasteiger partial charge is 0.334 e. The average molecular weight is 346 g/mol. The number of ether oxygens (including phenoxy) is 2. The standard InChI is InChI=1S/C21H30O4/c1-14-6-9-17-20(2,11-5-12-21(17,3)19(23)24-4)16(14)8-7-15-10-13-25-18(15)22/h10,16-17H,1,5-9,11-13H2,2-4H3/t16?,17?,20-,21+/m1/s1. The second-order valence-electron chi connectivity index (χ2n) is 8.44. The Morgan fingerprint density at radius 1 is 1.40 bits per heavy atom. The minimum Gasteiger partial charge on any atom is -0.469 e. The third-order valence-electron chi connectivity index (χ3n) is 7.18. The van der Waals surface area contributed by atoms with E-state index in [0.717, 1.165) is 50.5 Å². The molecule has 1 heterocycles. The van der Waals surface area contributed by atoms with Gasteiger partial charge in [0.05, 0.1) is 12.5 Å². The molecule has 0 radical (unpaired) electrons. The summed E-state index contributed by atoms with van der Waals surface area (Å²) in [5.74, 6) is 0.397. The number of rotatable bonds is 4. The van der Waals surface area contributed by atoms with E-state index in [0.29, 0.717) is 18.4 Å². The van der Waals surface area contributed by atoms with Gasteiger partial charge in [-0.2, -0.15) is 0 Å². The molecule has 0 aromatic rings. The van der Waals surface area contributed by atoms with E-state index in [1.54, 1.807) is 0 Å². The molecule has 4 atom stereocenters. The molecule has 2 saturated carbocycles. The van der Waals surface area contributed by atoms with Crippen molar-refractivity contribution in [3.05, 3.63) is 23.8 Å². The molecule has 3 rings (SSSR count). The Labute approximate surface area is 150 Å². The van der Waals surface area contributed by atoms with Gasteiger partial charge in [0.15, 0.2) is 0 Å². The molecular formula is C21H30O4. The van der Waals surface area contributed by atoms with Crippen LogP contribution in [-0.4, -0.2) is 25.7 Å². The van der Waals surface area contributed by atoms with E-state index in [4.69, 9.17) is 9.47 Å². The van der Waals surface area contributed by atoms with Gasteiger partial charge >= 0.3 is 11.9 Å². The molecule has 0 amide bonds. The van der Waals surface area contributed by atoms with E-state index >= 15 is 0 Å². The second kappa shape index (κ2) is 6.62. The Bertz CT molecular complexity index is 619. The number of carbonyl (C=O) groups excluding carboxylic acids is 2. The summed E-state index contributed by atoms with van der Waals surface area (Å²) in [6.07, 6.45) is 8.54. The summed E-state index contributed by atoms with van der Waals surface area (Å²) >= 11 is 0. The third kappa shape index (κ3) is 2.94. The van der Waals surface area contributed by atoms with Crippen molar-refractivity contribution in [1.29, 1.82) is 0 Å². The monoisotopic (exact) mass is 346 g/mol. The van der Waals surface area contributed by atoms with Crippen molar-refractivity contribution in [1.82, 2.24) is 0 Å². The van der Waals surface area contributed by atoms with Gasteiger partial charge in [-0.15, -0.1) is 0 Å². The van der Waals surface area contributed by atoms with E-state index in [1.807, 2.05) is 6.08 Å². The summed E-state index contributed by atoms with van der Waals surface area (Å²) < 4.78 is 10.2. The molecule has 2 fully saturated rings. The average Bonchev–Trinajstić information content (AvgIpc) is 2.98. The number of cyclic esters (lactones) is 1. The zero-order valence-corrected chi connectivity index (χ0v) is 15.7. The minimum atomic E-state index is -0.410. The lowest BCUT2D eigenvalue weighted by molar-refractivity contribution is -0.168. The Morgan fingerprint density at radius 3 is 2.80 bits per heavy atom. The largest absolute Gasteiger partial charge is 0.469 e. The summed E-state index contributed by atoms with van der Waals surface area (Å²) in [5.41, 5.74) is 1.70. The number of hydrogen-bond donors (Lipinski definition) is 0. The first kappa shape index (κ1) is 18.2. The summed E-state index contributed by atoms with van der Waals surface area (Å²) in [4.78, 5) is 24.3. The highest BCUT2D eigenvalue weighted by atomic mass is 16.5. The summed E-state index contributed by atoms with van der Waals surface area (Å²) in [7, 11) is 1.50. The van der Waals surface area contributed by atoms with Gasteiger partial charge in [-0.3, -0.25) is 4.79 Å². The molecule has 2 aliphatic carbocycles. The fraction of sp³-hybridized carbons (Fsp3) is 0.714. The molecule has 0 bridgehead atoms. The Hall–Kier alpha value is -1.58. The number of allylic oxidation sites excluding steroid dienone is 1. The van der Waals surface area contributed by atoms with Crippen LogP contribution in [0.1, 0.15) is 58.8 Å². The van der Waals surface area contributed by atoms with Crippen LogP contribution in [0.3, 0.4) is 0 Å². The lowest BCUT2D eigenvalue weighted by atomic mass is 9.46. The van der Waals surface area contributed by atoms with E-state index in [9.17, 15) is 9.59 Å². The molecule has 0 N–H and O–H groups in total. The van der Waals surface area contributed by atoms with Crippen LogP contribution in [0.25, 0.3) is 0 Å². The minimum absolute atomic E-state index is 0.0413. The summed E-state index contributed by atoms with van der Waals surface area (Å²) in [6.45, 7) is 9.17. The van der Waals surface area contributed by atoms with E-state index < -0.39 is 5.41 Å². The van der Waals surface area contributed by atoms with Gasteiger partial charge in [-0.05, 0) is 68.8 Å². The van der Waals surface area contributed by atoms with Crippen molar-refractivity contribution in [3.63, 3.8) is 0 Å². The SMILES string of the molecule is C=C1CCC2[C@](C)(CCC[C@]2(C)C(=O)OC)C1CCC1=CCOC1=O. The van der Waals surface area contributed by atoms with Crippen molar-refractivity contribution in [2.75, 3.05) is 13.7 Å². The number of carbonyl (C=O) groups is 2. The van der Waals surface area contributed by atoms with Crippen molar-refractivity contribution < 1.29 is 19.1 Å². The number of esters is 2. The van der Waals surface area contributed by atoms with Crippen LogP contribution in [-0.2, 0) is 19.1 Å². The predicted molar refractivity (Wildman–Crippen MR) is 95.7 cm³/mol. The number of methoxy groups -OCH3 is 1. The Balaban J connectivity index is 1.84. The van der Waals surface area contributed by atoms with Gasteiger partial charge < -0.3 is 9.47 Å². The maximum atomic E-state index is 12.6. The zero-order valence-electron chi connectivity index (χ0n) is 15.7. The molecule has 0 aromatic heterocycles. The Morgan fingerprint density at radius 2 is 2.16 bits per heavy atom. The van der Waals surface area contributed by atoms with Crippen LogP contribution in [0.5, 0.6) is 0 Å². The Kier molecular flexibility index (Phi) is 4.82. The first-order valence-electron chi connectivity index (χ1n) is 9.45. The predicted octanol–water partition coefficient (Wildman–Crippen LogP) is 4.20. The van der Waals surface area contributed by atoms with E-state index in [-0.39, 0.29) is 17.4 Å². The van der Waals surface area contributed by atoms with Crippen molar-refractivity contribution in [2.45, 2.75) is 58.8 Å². The molecule has 138 valence electrons. The molecule has 0 saturated heterocycles. The van der Waals surface area contributed by atoms with Crippen molar-refractivity contribution >= 4 is 11.9 Å². The second-order valence-corrected chi connectivity index (χ2v) is 8.44. The van der Waals surface area contributed by atoms with Crippen LogP contribution in [0.15, 0.2) is 23.8 Å². The fourth-order valence-corrected chi connectivity index (χ4v) is 5.86. The van der Waals surface area contributed by atoms with Gasteiger partial charge in [0.25, 0.3) is 0 Å². The van der Waals surface area contributed by atoms with Gasteiger partial charge in [-0.25, -0.2) is 4.79 Å². The first-order valence-corrected chi connectivity index (χ1v) is 9.45. The lowest BCUT2D eigenvalue weighted by Gasteiger charge is -2.57. The fourth-order valence-electron chi connectivity index (χ4n) is 5.86. The van der Waals surface area contributed by atoms with Gasteiger partial charge in [0, 0.05) is 5.57 Å². The van der Waals surface area contributed by atoms with Crippen molar-refractivity contribution in [2.24, 2.45) is 22.7 Å². The number of fused-ring (bicyclic) bond motifs is 1.